The van der Waals surface area contributed by atoms with Crippen LogP contribution in [0, 0.1) is 5.92 Å². The zero-order valence-electron chi connectivity index (χ0n) is 27.3. The van der Waals surface area contributed by atoms with E-state index in [0.717, 1.165) is 42.8 Å². The second-order valence-corrected chi connectivity index (χ2v) is 10.7. The standard InChI is InChI=1S/C18H24O6.C16H24O.C3H4O/c1-3-18(20)23-11-5-4-10-22-13-17(21-2)14-24-16-8-6-15(12-19)7-9-16;1-3-4-13-5-7-14(8-6-13)15-9-11-16(17-2)12-10-15;1-2-3-4/h3,6-9,12,17H,1,4-5,10-11,13-14H2,2H3;9-14H,3-8H2,1-2H3;2-3H,1H2. The Balaban J connectivity index is 0.000000418. The van der Waals surface area contributed by atoms with Crippen molar-refractivity contribution in [2.45, 2.75) is 70.3 Å². The second kappa shape index (κ2) is 25.6. The normalized spacial score (nSPS) is 15.9. The molecule has 2 aromatic rings. The summed E-state index contributed by atoms with van der Waals surface area (Å²) in [6, 6.07) is 15.5. The number of carbonyl (C=O) groups is 3. The number of benzene rings is 2. The molecule has 1 saturated carbocycles. The van der Waals surface area contributed by atoms with Gasteiger partial charge in [0.15, 0.2) is 0 Å². The monoisotopic (exact) mass is 624 g/mol. The van der Waals surface area contributed by atoms with Crippen molar-refractivity contribution >= 4 is 18.5 Å². The minimum Gasteiger partial charge on any atom is -0.497 e. The molecule has 2 aromatic carbocycles. The summed E-state index contributed by atoms with van der Waals surface area (Å²) in [6.07, 6.45) is 13.5. The molecule has 0 spiro atoms. The Kier molecular flexibility index (Phi) is 22.3. The van der Waals surface area contributed by atoms with Gasteiger partial charge in [0.1, 0.15) is 36.8 Å². The summed E-state index contributed by atoms with van der Waals surface area (Å²) in [7, 11) is 3.33. The molecule has 0 bridgehead atoms. The van der Waals surface area contributed by atoms with Gasteiger partial charge in [0.25, 0.3) is 0 Å². The van der Waals surface area contributed by atoms with Gasteiger partial charge in [-0.2, -0.15) is 0 Å². The maximum absolute atomic E-state index is 10.8. The van der Waals surface area contributed by atoms with E-state index in [-0.39, 0.29) is 6.10 Å². The average Bonchev–Trinajstić information content (AvgIpc) is 3.10. The number of rotatable bonds is 18. The molecule has 0 aromatic heterocycles. The molecule has 1 aliphatic carbocycles. The van der Waals surface area contributed by atoms with Crippen LogP contribution in [0.5, 0.6) is 11.5 Å². The van der Waals surface area contributed by atoms with E-state index in [1.54, 1.807) is 38.5 Å². The Bertz CT molecular complexity index is 1070. The Hall–Kier alpha value is -3.75. The minimum absolute atomic E-state index is 0.186. The van der Waals surface area contributed by atoms with Crippen LogP contribution in [0.15, 0.2) is 73.8 Å². The first-order chi connectivity index (χ1) is 21.9. The van der Waals surface area contributed by atoms with E-state index in [0.29, 0.717) is 44.0 Å². The summed E-state index contributed by atoms with van der Waals surface area (Å²) in [4.78, 5) is 30.5. The van der Waals surface area contributed by atoms with Gasteiger partial charge in [0, 0.05) is 25.4 Å². The van der Waals surface area contributed by atoms with Crippen molar-refractivity contribution in [3.05, 3.63) is 85.0 Å². The lowest BCUT2D eigenvalue weighted by atomic mass is 9.77. The smallest absolute Gasteiger partial charge is 0.330 e. The van der Waals surface area contributed by atoms with E-state index in [2.05, 4.69) is 44.3 Å². The van der Waals surface area contributed by atoms with Crippen LogP contribution >= 0.6 is 0 Å². The third-order valence-corrected chi connectivity index (χ3v) is 7.41. The molecule has 0 saturated heterocycles. The van der Waals surface area contributed by atoms with Crippen LogP contribution in [0.25, 0.3) is 0 Å². The number of ether oxygens (including phenoxy) is 5. The first kappa shape index (κ1) is 39.3. The number of esters is 1. The fraction of sp³-hybridized carbons (Fsp3) is 0.486. The summed E-state index contributed by atoms with van der Waals surface area (Å²) in [5, 5.41) is 0. The topological polar surface area (TPSA) is 97.4 Å². The molecule has 8 heteroatoms. The lowest BCUT2D eigenvalue weighted by molar-refractivity contribution is -0.137. The number of unbranched alkanes of at least 4 members (excludes halogenated alkanes) is 1. The van der Waals surface area contributed by atoms with E-state index in [4.69, 9.17) is 28.5 Å². The molecule has 1 fully saturated rings. The van der Waals surface area contributed by atoms with Crippen molar-refractivity contribution in [2.24, 2.45) is 5.92 Å². The number of hydrogen-bond acceptors (Lipinski definition) is 8. The Morgan fingerprint density at radius 2 is 1.51 bits per heavy atom. The van der Waals surface area contributed by atoms with Crippen LogP contribution in [0.2, 0.25) is 0 Å². The van der Waals surface area contributed by atoms with Gasteiger partial charge in [-0.05, 0) is 98.4 Å². The number of allylic oxidation sites excluding steroid dienone is 1. The number of hydrogen-bond donors (Lipinski definition) is 0. The quantitative estimate of drug-likeness (QED) is 0.0726. The molecule has 0 heterocycles. The van der Waals surface area contributed by atoms with Crippen LogP contribution in [-0.4, -0.2) is 65.3 Å². The molecule has 0 radical (unpaired) electrons. The Labute approximate surface area is 269 Å². The molecular formula is C37H52O8. The summed E-state index contributed by atoms with van der Waals surface area (Å²) in [5.41, 5.74) is 2.11. The molecule has 0 amide bonds. The van der Waals surface area contributed by atoms with Crippen molar-refractivity contribution in [3.63, 3.8) is 0 Å². The molecule has 248 valence electrons. The maximum Gasteiger partial charge on any atom is 0.330 e. The highest BCUT2D eigenvalue weighted by atomic mass is 16.6. The lowest BCUT2D eigenvalue weighted by Crippen LogP contribution is -2.26. The molecular weight excluding hydrogens is 572 g/mol. The van der Waals surface area contributed by atoms with Crippen LogP contribution in [0.3, 0.4) is 0 Å². The first-order valence-corrected chi connectivity index (χ1v) is 15.7. The second-order valence-electron chi connectivity index (χ2n) is 10.7. The van der Waals surface area contributed by atoms with Crippen LogP contribution in [-0.2, 0) is 23.8 Å². The van der Waals surface area contributed by atoms with Gasteiger partial charge in [0.2, 0.25) is 0 Å². The van der Waals surface area contributed by atoms with Crippen molar-refractivity contribution in [3.8, 4) is 11.5 Å². The molecule has 8 nitrogen and oxygen atoms in total. The molecule has 0 N–H and O–H groups in total. The largest absolute Gasteiger partial charge is 0.497 e. The van der Waals surface area contributed by atoms with Crippen molar-refractivity contribution in [1.82, 2.24) is 0 Å². The van der Waals surface area contributed by atoms with Crippen molar-refractivity contribution in [1.29, 1.82) is 0 Å². The van der Waals surface area contributed by atoms with Gasteiger partial charge >= 0.3 is 5.97 Å². The third-order valence-electron chi connectivity index (χ3n) is 7.41. The average molecular weight is 625 g/mol. The number of carbonyl (C=O) groups excluding carboxylic acids is 3. The van der Waals surface area contributed by atoms with Gasteiger partial charge in [-0.3, -0.25) is 9.59 Å². The van der Waals surface area contributed by atoms with Crippen LogP contribution in [0.1, 0.15) is 80.1 Å². The molecule has 3 rings (SSSR count). The van der Waals surface area contributed by atoms with E-state index in [9.17, 15) is 9.59 Å². The summed E-state index contributed by atoms with van der Waals surface area (Å²) >= 11 is 0. The predicted molar refractivity (Wildman–Crippen MR) is 178 cm³/mol. The zero-order chi connectivity index (χ0) is 33.1. The van der Waals surface area contributed by atoms with E-state index >= 15 is 0 Å². The van der Waals surface area contributed by atoms with Crippen LogP contribution in [0.4, 0.5) is 0 Å². The van der Waals surface area contributed by atoms with Gasteiger partial charge in [-0.25, -0.2) is 4.79 Å². The lowest BCUT2D eigenvalue weighted by Gasteiger charge is -2.28. The fourth-order valence-electron chi connectivity index (χ4n) is 4.84. The Morgan fingerprint density at radius 3 is 2.04 bits per heavy atom. The summed E-state index contributed by atoms with van der Waals surface area (Å²) in [6.45, 7) is 10.4. The van der Waals surface area contributed by atoms with Gasteiger partial charge < -0.3 is 23.7 Å². The highest BCUT2D eigenvalue weighted by molar-refractivity contribution is 5.81. The minimum atomic E-state index is -0.409. The van der Waals surface area contributed by atoms with Crippen LogP contribution < -0.4 is 9.47 Å². The maximum atomic E-state index is 10.8. The molecule has 45 heavy (non-hydrogen) atoms. The van der Waals surface area contributed by atoms with E-state index < -0.39 is 5.97 Å². The summed E-state index contributed by atoms with van der Waals surface area (Å²) < 4.78 is 26.5. The van der Waals surface area contributed by atoms with Crippen molar-refractivity contribution < 1.29 is 38.1 Å². The van der Waals surface area contributed by atoms with Gasteiger partial charge in [-0.15, -0.1) is 0 Å². The summed E-state index contributed by atoms with van der Waals surface area (Å²) in [5.74, 6) is 3.01. The Morgan fingerprint density at radius 1 is 0.889 bits per heavy atom. The predicted octanol–water partition coefficient (Wildman–Crippen LogP) is 7.56. The molecule has 1 atom stereocenters. The number of aldehydes is 2. The SMILES string of the molecule is C=CC(=O)OCCCCOCC(COc1ccc(C=O)cc1)OC.C=CC=O.CCCC1CCC(c2ccc(OC)cc2)CC1. The van der Waals surface area contributed by atoms with E-state index in [1.165, 1.54) is 50.2 Å². The van der Waals surface area contributed by atoms with Gasteiger partial charge in [0.05, 0.1) is 20.3 Å². The first-order valence-electron chi connectivity index (χ1n) is 15.7. The third kappa shape index (κ3) is 18.0. The fourth-order valence-corrected chi connectivity index (χ4v) is 4.84. The number of methoxy groups -OCH3 is 2. The molecule has 1 aliphatic rings. The molecule has 1 unspecified atom stereocenters. The van der Waals surface area contributed by atoms with Gasteiger partial charge in [-0.1, -0.05) is 45.1 Å². The highest BCUT2D eigenvalue weighted by Gasteiger charge is 2.21. The van der Waals surface area contributed by atoms with Crippen molar-refractivity contribution in [2.75, 3.05) is 40.6 Å². The molecule has 0 aliphatic heterocycles. The highest BCUT2D eigenvalue weighted by Crippen LogP contribution is 2.37. The zero-order valence-corrected chi connectivity index (χ0v) is 27.3. The van der Waals surface area contributed by atoms with E-state index in [1.807, 2.05) is 0 Å².